The highest BCUT2D eigenvalue weighted by Gasteiger charge is 2.16. The van der Waals surface area contributed by atoms with Gasteiger partial charge in [-0.1, -0.05) is 18.2 Å². The van der Waals surface area contributed by atoms with Crippen LogP contribution in [-0.4, -0.2) is 52.1 Å². The molecule has 11 heteroatoms. The van der Waals surface area contributed by atoms with E-state index in [1.807, 2.05) is 12.1 Å². The fraction of sp³-hybridized carbons (Fsp3) is 0.278. The van der Waals surface area contributed by atoms with E-state index in [0.29, 0.717) is 18.5 Å². The molecule has 10 nitrogen and oxygen atoms in total. The summed E-state index contributed by atoms with van der Waals surface area (Å²) < 4.78 is 24.9. The predicted molar refractivity (Wildman–Crippen MR) is 101 cm³/mol. The van der Waals surface area contributed by atoms with Gasteiger partial charge < -0.3 is 18.9 Å². The van der Waals surface area contributed by atoms with Crippen LogP contribution in [0.2, 0.25) is 0 Å². The highest BCUT2D eigenvalue weighted by molar-refractivity contribution is 7.46. The van der Waals surface area contributed by atoms with E-state index in [4.69, 9.17) is 19.3 Å². The lowest BCUT2D eigenvalue weighted by Crippen LogP contribution is -2.30. The van der Waals surface area contributed by atoms with Gasteiger partial charge in [0.2, 0.25) is 6.79 Å². The zero-order valence-electron chi connectivity index (χ0n) is 15.6. The number of benzene rings is 1. The molecule has 2 rings (SSSR count). The summed E-state index contributed by atoms with van der Waals surface area (Å²) in [5.41, 5.74) is 1.38. The molecule has 0 spiro atoms. The van der Waals surface area contributed by atoms with E-state index in [9.17, 15) is 14.2 Å². The molecule has 0 aliphatic carbocycles. The number of likely N-dealkylation sites (N-methyl/N-ethyl adjacent to an activating group) is 1. The smallest absolute Gasteiger partial charge is 0.428 e. The number of hydrogen-bond acceptors (Lipinski definition) is 7. The van der Waals surface area contributed by atoms with Crippen molar-refractivity contribution in [2.75, 3.05) is 20.4 Å². The van der Waals surface area contributed by atoms with E-state index in [2.05, 4.69) is 9.51 Å². The number of pyridine rings is 1. The van der Waals surface area contributed by atoms with Gasteiger partial charge in [0.25, 0.3) is 0 Å². The molecule has 2 aromatic rings. The number of aromatic nitrogens is 1. The van der Waals surface area contributed by atoms with E-state index < -0.39 is 26.7 Å². The molecule has 0 saturated heterocycles. The SMILES string of the molecule is CN(CCc1ccccn1)C(=O)OCOC(=O)Cc1ccc(OP(=O)(O)O)cc1. The second-order valence-corrected chi connectivity index (χ2v) is 7.10. The van der Waals surface area contributed by atoms with Crippen LogP contribution >= 0.6 is 7.82 Å². The average molecular weight is 424 g/mol. The van der Waals surface area contributed by atoms with E-state index >= 15 is 0 Å². The summed E-state index contributed by atoms with van der Waals surface area (Å²) in [6, 6.07) is 11.1. The average Bonchev–Trinajstić information content (AvgIpc) is 2.67. The Bertz CT molecular complexity index is 854. The van der Waals surface area contributed by atoms with Gasteiger partial charge >= 0.3 is 19.9 Å². The van der Waals surface area contributed by atoms with Crippen molar-refractivity contribution in [3.05, 3.63) is 59.9 Å². The van der Waals surface area contributed by atoms with E-state index in [1.165, 1.54) is 29.2 Å². The first-order valence-corrected chi connectivity index (χ1v) is 10.0. The maximum atomic E-state index is 11.9. The van der Waals surface area contributed by atoms with Crippen molar-refractivity contribution in [2.45, 2.75) is 12.8 Å². The number of carbonyl (C=O) groups is 2. The lowest BCUT2D eigenvalue weighted by Gasteiger charge is -2.16. The zero-order chi connectivity index (χ0) is 21.3. The van der Waals surface area contributed by atoms with E-state index in [-0.39, 0.29) is 12.2 Å². The molecular formula is C18H21N2O8P. The van der Waals surface area contributed by atoms with Crippen LogP contribution in [0.4, 0.5) is 4.79 Å². The largest absolute Gasteiger partial charge is 0.524 e. The van der Waals surface area contributed by atoms with Crippen molar-refractivity contribution in [3.63, 3.8) is 0 Å². The van der Waals surface area contributed by atoms with Crippen LogP contribution in [0, 0.1) is 0 Å². The number of phosphoric ester groups is 1. The molecule has 0 atom stereocenters. The molecule has 0 aliphatic heterocycles. The van der Waals surface area contributed by atoms with Crippen LogP contribution in [0.3, 0.4) is 0 Å². The Morgan fingerprint density at radius 3 is 2.45 bits per heavy atom. The number of phosphoric acid groups is 1. The van der Waals surface area contributed by atoms with Gasteiger partial charge in [0.05, 0.1) is 6.42 Å². The Labute approximate surface area is 167 Å². The minimum Gasteiger partial charge on any atom is -0.428 e. The van der Waals surface area contributed by atoms with Crippen molar-refractivity contribution < 1.29 is 37.9 Å². The molecule has 0 saturated carbocycles. The molecule has 1 heterocycles. The standard InChI is InChI=1S/C18H21N2O8P/c1-20(11-9-15-4-2-3-10-19-15)18(22)27-13-26-17(21)12-14-5-7-16(8-6-14)28-29(23,24)25/h2-8,10H,9,11-13H2,1H3,(H2,23,24,25). The Morgan fingerprint density at radius 2 is 1.83 bits per heavy atom. The lowest BCUT2D eigenvalue weighted by atomic mass is 10.1. The molecule has 29 heavy (non-hydrogen) atoms. The first-order valence-electron chi connectivity index (χ1n) is 8.50. The second kappa shape index (κ2) is 10.6. The normalized spacial score (nSPS) is 10.9. The number of carbonyl (C=O) groups excluding carboxylic acids is 2. The molecule has 0 bridgehead atoms. The number of hydrogen-bond donors (Lipinski definition) is 2. The highest BCUT2D eigenvalue weighted by Crippen LogP contribution is 2.37. The first kappa shape index (κ1) is 22.4. The summed E-state index contributed by atoms with van der Waals surface area (Å²) in [6.45, 7) is -0.127. The second-order valence-electron chi connectivity index (χ2n) is 5.94. The number of ether oxygens (including phenoxy) is 2. The van der Waals surface area contributed by atoms with Gasteiger partial charge in [-0.15, -0.1) is 0 Å². The molecule has 156 valence electrons. The Balaban J connectivity index is 1.68. The van der Waals surface area contributed by atoms with Crippen molar-refractivity contribution in [3.8, 4) is 5.75 Å². The van der Waals surface area contributed by atoms with Crippen molar-refractivity contribution in [1.29, 1.82) is 0 Å². The van der Waals surface area contributed by atoms with Gasteiger partial charge in [-0.2, -0.15) is 0 Å². The quantitative estimate of drug-likeness (QED) is 0.351. The van der Waals surface area contributed by atoms with Crippen molar-refractivity contribution in [1.82, 2.24) is 9.88 Å². The van der Waals surface area contributed by atoms with Crippen LogP contribution < -0.4 is 4.52 Å². The summed E-state index contributed by atoms with van der Waals surface area (Å²) in [4.78, 5) is 46.6. The van der Waals surface area contributed by atoms with Crippen LogP contribution in [0.15, 0.2) is 48.7 Å². The highest BCUT2D eigenvalue weighted by atomic mass is 31.2. The molecule has 2 N–H and O–H groups in total. The predicted octanol–water partition coefficient (Wildman–Crippen LogP) is 1.91. The van der Waals surface area contributed by atoms with E-state index in [0.717, 1.165) is 5.69 Å². The van der Waals surface area contributed by atoms with Gasteiger partial charge in [0.1, 0.15) is 5.75 Å². The molecule has 0 fully saturated rings. The Hall–Kier alpha value is -2.94. The van der Waals surface area contributed by atoms with Crippen LogP contribution in [0.5, 0.6) is 5.75 Å². The number of rotatable bonds is 9. The van der Waals surface area contributed by atoms with Crippen molar-refractivity contribution in [2.24, 2.45) is 0 Å². The third-order valence-corrected chi connectivity index (χ3v) is 4.09. The molecule has 0 aliphatic rings. The number of amides is 1. The molecule has 1 aromatic carbocycles. The molecular weight excluding hydrogens is 403 g/mol. The topological polar surface area (TPSA) is 135 Å². The van der Waals surface area contributed by atoms with Gasteiger partial charge in [-0.05, 0) is 29.8 Å². The summed E-state index contributed by atoms with van der Waals surface area (Å²) in [6.07, 6.45) is 1.50. The monoisotopic (exact) mass is 424 g/mol. The maximum Gasteiger partial charge on any atom is 0.524 e. The minimum atomic E-state index is -4.63. The van der Waals surface area contributed by atoms with E-state index in [1.54, 1.807) is 19.3 Å². The van der Waals surface area contributed by atoms with Crippen LogP contribution in [0.25, 0.3) is 0 Å². The first-order chi connectivity index (χ1) is 13.7. The van der Waals surface area contributed by atoms with Crippen LogP contribution in [-0.2, 0) is 31.7 Å². The zero-order valence-corrected chi connectivity index (χ0v) is 16.5. The summed E-state index contributed by atoms with van der Waals surface area (Å²) in [5.74, 6) is -0.657. The number of nitrogens with zero attached hydrogens (tertiary/aromatic N) is 2. The third kappa shape index (κ3) is 8.73. The van der Waals surface area contributed by atoms with Crippen molar-refractivity contribution >= 4 is 19.9 Å². The third-order valence-electron chi connectivity index (χ3n) is 3.64. The Morgan fingerprint density at radius 1 is 1.10 bits per heavy atom. The van der Waals surface area contributed by atoms with Gasteiger partial charge in [-0.25, -0.2) is 9.36 Å². The Kier molecular flexibility index (Phi) is 8.14. The van der Waals surface area contributed by atoms with Crippen LogP contribution in [0.1, 0.15) is 11.3 Å². The molecule has 0 radical (unpaired) electrons. The summed E-state index contributed by atoms with van der Waals surface area (Å²) in [7, 11) is -3.07. The van der Waals surface area contributed by atoms with Gasteiger partial charge in [0, 0.05) is 31.9 Å². The fourth-order valence-corrected chi connectivity index (χ4v) is 2.59. The lowest BCUT2D eigenvalue weighted by molar-refractivity contribution is -0.151. The molecule has 1 amide bonds. The summed E-state index contributed by atoms with van der Waals surface area (Å²) in [5, 5.41) is 0. The maximum absolute atomic E-state index is 11.9. The number of esters is 1. The van der Waals surface area contributed by atoms with Gasteiger partial charge in [-0.3, -0.25) is 19.6 Å². The fourth-order valence-electron chi connectivity index (χ4n) is 2.20. The van der Waals surface area contributed by atoms with Gasteiger partial charge in [0.15, 0.2) is 0 Å². The minimum absolute atomic E-state index is 0.0295. The molecule has 0 unspecified atom stereocenters. The molecule has 1 aromatic heterocycles. The summed E-state index contributed by atoms with van der Waals surface area (Å²) >= 11 is 0.